The SMILES string of the molecule is Cc1onc(-c2c(Cl)cccc2Cl)c1NC(=O)NN=Cc1cc(Cl)cc(Cl)c1O. The second-order valence-electron chi connectivity index (χ2n) is 5.71. The number of aromatic nitrogens is 1. The number of nitrogens with one attached hydrogen (secondary N) is 2. The van der Waals surface area contributed by atoms with Crippen molar-refractivity contribution in [3.8, 4) is 17.0 Å². The molecule has 1 heterocycles. The number of phenolic OH excluding ortho intramolecular Hbond substituents is 1. The summed E-state index contributed by atoms with van der Waals surface area (Å²) in [6, 6.07) is 7.10. The van der Waals surface area contributed by atoms with Gasteiger partial charge in [0.25, 0.3) is 0 Å². The van der Waals surface area contributed by atoms with Gasteiger partial charge in [-0.2, -0.15) is 5.10 Å². The molecule has 0 atom stereocenters. The monoisotopic (exact) mass is 472 g/mol. The van der Waals surface area contributed by atoms with E-state index in [1.54, 1.807) is 25.1 Å². The van der Waals surface area contributed by atoms with E-state index in [0.717, 1.165) is 0 Å². The minimum Gasteiger partial charge on any atom is -0.506 e. The number of hydrogen-bond donors (Lipinski definition) is 3. The molecule has 0 spiro atoms. The molecule has 3 rings (SSSR count). The molecule has 7 nitrogen and oxygen atoms in total. The van der Waals surface area contributed by atoms with Gasteiger partial charge in [0.15, 0.2) is 5.76 Å². The Morgan fingerprint density at radius 3 is 2.55 bits per heavy atom. The highest BCUT2D eigenvalue weighted by Crippen LogP contribution is 2.39. The van der Waals surface area contributed by atoms with Gasteiger partial charge >= 0.3 is 6.03 Å². The number of amides is 2. The van der Waals surface area contributed by atoms with Gasteiger partial charge in [-0.3, -0.25) is 0 Å². The number of aryl methyl sites for hydroxylation is 1. The second kappa shape index (κ2) is 8.92. The Morgan fingerprint density at radius 2 is 1.86 bits per heavy atom. The number of benzene rings is 2. The molecular weight excluding hydrogens is 462 g/mol. The van der Waals surface area contributed by atoms with E-state index < -0.39 is 6.03 Å². The summed E-state index contributed by atoms with van der Waals surface area (Å²) in [7, 11) is 0. The van der Waals surface area contributed by atoms with Crippen LogP contribution in [0.25, 0.3) is 11.3 Å². The summed E-state index contributed by atoms with van der Waals surface area (Å²) >= 11 is 24.1. The standard InChI is InChI=1S/C18H12Cl4N4O3/c1-8-15(16(26-29-8)14-11(20)3-2-4-12(14)21)24-18(28)25-23-7-9-5-10(19)6-13(22)17(9)27/h2-7,27H,1H3,(H2,24,25,28). The number of hydrogen-bond acceptors (Lipinski definition) is 5. The Morgan fingerprint density at radius 1 is 1.17 bits per heavy atom. The lowest BCUT2D eigenvalue weighted by Crippen LogP contribution is -2.24. The van der Waals surface area contributed by atoms with E-state index in [-0.39, 0.29) is 27.7 Å². The number of anilines is 1. The van der Waals surface area contributed by atoms with Crippen molar-refractivity contribution >= 4 is 64.3 Å². The Kier molecular flexibility index (Phi) is 6.54. The average Bonchev–Trinajstić information content (AvgIpc) is 2.99. The third-order valence-corrected chi connectivity index (χ3v) is 4.86. The van der Waals surface area contributed by atoms with E-state index in [2.05, 4.69) is 21.0 Å². The van der Waals surface area contributed by atoms with Gasteiger partial charge < -0.3 is 14.9 Å². The molecule has 0 bridgehead atoms. The summed E-state index contributed by atoms with van der Waals surface area (Å²) in [6.07, 6.45) is 1.19. The molecule has 0 aliphatic heterocycles. The third kappa shape index (κ3) is 4.76. The van der Waals surface area contributed by atoms with E-state index in [9.17, 15) is 9.90 Å². The van der Waals surface area contributed by atoms with Crippen LogP contribution in [0.15, 0.2) is 40.0 Å². The van der Waals surface area contributed by atoms with Gasteiger partial charge in [-0.1, -0.05) is 57.6 Å². The minimum absolute atomic E-state index is 0.0600. The highest BCUT2D eigenvalue weighted by atomic mass is 35.5. The molecular formula is C18H12Cl4N4O3. The van der Waals surface area contributed by atoms with Crippen LogP contribution in [-0.2, 0) is 0 Å². The first kappa shape index (κ1) is 21.3. The normalized spacial score (nSPS) is 11.1. The summed E-state index contributed by atoms with van der Waals surface area (Å²) in [4.78, 5) is 12.2. The van der Waals surface area contributed by atoms with Gasteiger partial charge in [0.05, 0.1) is 21.3 Å². The number of halogens is 4. The van der Waals surface area contributed by atoms with E-state index in [0.29, 0.717) is 26.4 Å². The molecule has 2 aromatic carbocycles. The van der Waals surface area contributed by atoms with Crippen LogP contribution < -0.4 is 10.7 Å². The topological polar surface area (TPSA) is 99.8 Å². The van der Waals surface area contributed by atoms with Crippen LogP contribution >= 0.6 is 46.4 Å². The Hall–Kier alpha value is -2.45. The minimum atomic E-state index is -0.690. The average molecular weight is 474 g/mol. The lowest BCUT2D eigenvalue weighted by Gasteiger charge is -2.08. The molecule has 150 valence electrons. The quantitative estimate of drug-likeness (QED) is 0.313. The third-order valence-electron chi connectivity index (χ3n) is 3.73. The van der Waals surface area contributed by atoms with Crippen LogP contribution in [0.4, 0.5) is 10.5 Å². The maximum atomic E-state index is 12.2. The smallest absolute Gasteiger partial charge is 0.339 e. The first-order chi connectivity index (χ1) is 13.8. The summed E-state index contributed by atoms with van der Waals surface area (Å²) in [5.74, 6) is 0.127. The molecule has 1 aromatic heterocycles. The molecule has 3 aromatic rings. The highest BCUT2D eigenvalue weighted by molar-refractivity contribution is 6.39. The number of rotatable bonds is 4. The lowest BCUT2D eigenvalue weighted by molar-refractivity contribution is 0.252. The van der Waals surface area contributed by atoms with Crippen LogP contribution in [0.2, 0.25) is 20.1 Å². The highest BCUT2D eigenvalue weighted by Gasteiger charge is 2.21. The van der Waals surface area contributed by atoms with E-state index in [1.165, 1.54) is 18.3 Å². The van der Waals surface area contributed by atoms with Gasteiger partial charge in [-0.05, 0) is 31.2 Å². The summed E-state index contributed by atoms with van der Waals surface area (Å²) in [5.41, 5.74) is 3.46. The number of carbonyl (C=O) groups excluding carboxylic acids is 1. The van der Waals surface area contributed by atoms with Crippen molar-refractivity contribution in [1.82, 2.24) is 10.6 Å². The van der Waals surface area contributed by atoms with Crippen LogP contribution in [0.5, 0.6) is 5.75 Å². The molecule has 0 aliphatic rings. The van der Waals surface area contributed by atoms with Crippen molar-refractivity contribution < 1.29 is 14.4 Å². The van der Waals surface area contributed by atoms with Gasteiger partial charge in [0.2, 0.25) is 0 Å². The van der Waals surface area contributed by atoms with Gasteiger partial charge in [-0.15, -0.1) is 0 Å². The molecule has 11 heteroatoms. The zero-order valence-electron chi connectivity index (χ0n) is 14.6. The zero-order chi connectivity index (χ0) is 21.1. The van der Waals surface area contributed by atoms with Crippen LogP contribution in [0.1, 0.15) is 11.3 Å². The molecule has 3 N–H and O–H groups in total. The zero-order valence-corrected chi connectivity index (χ0v) is 17.7. The molecule has 0 fully saturated rings. The number of urea groups is 1. The first-order valence-electron chi connectivity index (χ1n) is 7.96. The predicted octanol–water partition coefficient (Wildman–Crippen LogP) is 6.12. The largest absolute Gasteiger partial charge is 0.506 e. The van der Waals surface area contributed by atoms with Crippen molar-refractivity contribution in [2.24, 2.45) is 5.10 Å². The van der Waals surface area contributed by atoms with E-state index in [4.69, 9.17) is 50.9 Å². The number of nitrogens with zero attached hydrogens (tertiary/aromatic N) is 2. The van der Waals surface area contributed by atoms with Crippen LogP contribution in [-0.4, -0.2) is 22.5 Å². The number of phenols is 1. The Labute approximate surface area is 185 Å². The maximum absolute atomic E-state index is 12.2. The second-order valence-corrected chi connectivity index (χ2v) is 7.37. The number of aromatic hydroxyl groups is 1. The molecule has 0 radical (unpaired) electrons. The van der Waals surface area contributed by atoms with Gasteiger partial charge in [0.1, 0.15) is 17.1 Å². The summed E-state index contributed by atoms with van der Waals surface area (Å²) in [6.45, 7) is 1.62. The Balaban J connectivity index is 1.78. The molecule has 2 amide bonds. The fourth-order valence-electron chi connectivity index (χ4n) is 2.40. The lowest BCUT2D eigenvalue weighted by atomic mass is 10.1. The van der Waals surface area contributed by atoms with Gasteiger partial charge in [0, 0.05) is 16.1 Å². The van der Waals surface area contributed by atoms with Crippen molar-refractivity contribution in [2.75, 3.05) is 5.32 Å². The van der Waals surface area contributed by atoms with Crippen LogP contribution in [0, 0.1) is 6.92 Å². The van der Waals surface area contributed by atoms with Crippen LogP contribution in [0.3, 0.4) is 0 Å². The first-order valence-corrected chi connectivity index (χ1v) is 9.48. The van der Waals surface area contributed by atoms with E-state index in [1.807, 2.05) is 0 Å². The van der Waals surface area contributed by atoms with Crippen molar-refractivity contribution in [3.63, 3.8) is 0 Å². The predicted molar refractivity (Wildman–Crippen MR) is 115 cm³/mol. The summed E-state index contributed by atoms with van der Waals surface area (Å²) in [5, 5.41) is 21.2. The number of hydrazone groups is 1. The molecule has 0 unspecified atom stereocenters. The Bertz CT molecular complexity index is 1090. The molecule has 29 heavy (non-hydrogen) atoms. The number of carbonyl (C=O) groups is 1. The van der Waals surface area contributed by atoms with E-state index >= 15 is 0 Å². The fourth-order valence-corrected chi connectivity index (χ4v) is 3.49. The molecule has 0 saturated carbocycles. The van der Waals surface area contributed by atoms with Gasteiger partial charge in [-0.25, -0.2) is 10.2 Å². The summed E-state index contributed by atoms with van der Waals surface area (Å²) < 4.78 is 5.17. The fraction of sp³-hybridized carbons (Fsp3) is 0.0556. The van der Waals surface area contributed by atoms with Crippen molar-refractivity contribution in [2.45, 2.75) is 6.92 Å². The van der Waals surface area contributed by atoms with Crippen molar-refractivity contribution in [3.05, 3.63) is 61.7 Å². The maximum Gasteiger partial charge on any atom is 0.339 e. The van der Waals surface area contributed by atoms with Crippen molar-refractivity contribution in [1.29, 1.82) is 0 Å². The molecule has 0 saturated heterocycles. The molecule has 0 aliphatic carbocycles.